The van der Waals surface area contributed by atoms with Crippen LogP contribution in [0.15, 0.2) is 12.1 Å². The number of hydrogen-bond acceptors (Lipinski definition) is 3. The Balaban J connectivity index is 2.16. The minimum absolute atomic E-state index is 0.0854. The van der Waals surface area contributed by atoms with Gasteiger partial charge < -0.3 is 15.6 Å². The molecule has 0 radical (unpaired) electrons. The van der Waals surface area contributed by atoms with Gasteiger partial charge in [-0.1, -0.05) is 18.0 Å². The smallest absolute Gasteiger partial charge is 0.339 e. The van der Waals surface area contributed by atoms with Crippen LogP contribution in [0, 0.1) is 5.92 Å². The highest BCUT2D eigenvalue weighted by atomic mass is 35.5. The first-order valence-corrected chi connectivity index (χ1v) is 5.91. The van der Waals surface area contributed by atoms with Crippen LogP contribution in [0.5, 0.6) is 5.75 Å². The van der Waals surface area contributed by atoms with Crippen molar-refractivity contribution in [3.8, 4) is 5.75 Å². The van der Waals surface area contributed by atoms with Crippen LogP contribution >= 0.6 is 11.6 Å². The molecule has 1 aliphatic carbocycles. The molecule has 17 heavy (non-hydrogen) atoms. The highest BCUT2D eigenvalue weighted by molar-refractivity contribution is 6.34. The van der Waals surface area contributed by atoms with Crippen molar-refractivity contribution in [2.45, 2.75) is 19.3 Å². The first-order valence-electron chi connectivity index (χ1n) is 5.53. The molecular weight excluding hydrogens is 242 g/mol. The Morgan fingerprint density at radius 1 is 1.53 bits per heavy atom. The first-order chi connectivity index (χ1) is 8.09. The fourth-order valence-electron chi connectivity index (χ4n) is 1.78. The summed E-state index contributed by atoms with van der Waals surface area (Å²) in [7, 11) is 0. The van der Waals surface area contributed by atoms with Gasteiger partial charge in [0.15, 0.2) is 0 Å². The summed E-state index contributed by atoms with van der Waals surface area (Å²) in [5.74, 6) is -0.168. The van der Waals surface area contributed by atoms with Crippen molar-refractivity contribution < 1.29 is 14.6 Å². The average molecular weight is 256 g/mol. The van der Waals surface area contributed by atoms with Crippen molar-refractivity contribution in [2.24, 2.45) is 5.92 Å². The fraction of sp³-hybridized carbons (Fsp3) is 0.417. The number of benzene rings is 1. The van der Waals surface area contributed by atoms with Crippen molar-refractivity contribution >= 4 is 23.3 Å². The summed E-state index contributed by atoms with van der Waals surface area (Å²) >= 11 is 5.78. The lowest BCUT2D eigenvalue weighted by molar-refractivity contribution is 0.0697. The van der Waals surface area contributed by atoms with E-state index < -0.39 is 5.97 Å². The Kier molecular flexibility index (Phi) is 3.43. The van der Waals surface area contributed by atoms with Gasteiger partial charge in [-0.2, -0.15) is 0 Å². The minimum Gasteiger partial charge on any atom is -0.491 e. The van der Waals surface area contributed by atoms with E-state index in [1.807, 2.05) is 0 Å². The maximum absolute atomic E-state index is 11.0. The van der Waals surface area contributed by atoms with Gasteiger partial charge in [0, 0.05) is 0 Å². The van der Waals surface area contributed by atoms with Gasteiger partial charge in [0.2, 0.25) is 0 Å². The molecule has 1 saturated carbocycles. The van der Waals surface area contributed by atoms with Crippen molar-refractivity contribution in [1.82, 2.24) is 0 Å². The molecule has 0 aliphatic heterocycles. The summed E-state index contributed by atoms with van der Waals surface area (Å²) < 4.78 is 5.54. The number of rotatable bonds is 4. The lowest BCUT2D eigenvalue weighted by Crippen LogP contribution is -2.20. The fourth-order valence-corrected chi connectivity index (χ4v) is 2.03. The molecule has 1 aromatic carbocycles. The van der Waals surface area contributed by atoms with Crippen LogP contribution in [-0.4, -0.2) is 17.7 Å². The van der Waals surface area contributed by atoms with E-state index in [9.17, 15) is 4.79 Å². The number of halogens is 1. The maximum Gasteiger partial charge on any atom is 0.339 e. The Morgan fingerprint density at radius 2 is 2.24 bits per heavy atom. The highest BCUT2D eigenvalue weighted by Gasteiger charge is 2.20. The molecule has 0 spiro atoms. The van der Waals surface area contributed by atoms with Gasteiger partial charge >= 0.3 is 5.97 Å². The number of anilines is 1. The van der Waals surface area contributed by atoms with E-state index in [-0.39, 0.29) is 16.3 Å². The molecule has 0 heterocycles. The lowest BCUT2D eigenvalue weighted by Gasteiger charge is -2.25. The van der Waals surface area contributed by atoms with E-state index in [0.29, 0.717) is 18.3 Å². The zero-order valence-electron chi connectivity index (χ0n) is 9.28. The van der Waals surface area contributed by atoms with Gasteiger partial charge in [-0.25, -0.2) is 4.79 Å². The number of ether oxygens (including phenoxy) is 1. The van der Waals surface area contributed by atoms with E-state index in [0.717, 1.165) is 0 Å². The van der Waals surface area contributed by atoms with E-state index in [1.165, 1.54) is 25.3 Å². The summed E-state index contributed by atoms with van der Waals surface area (Å²) in [6, 6.07) is 3.11. The predicted molar refractivity (Wildman–Crippen MR) is 65.7 cm³/mol. The topological polar surface area (TPSA) is 72.5 Å². The maximum atomic E-state index is 11.0. The Bertz CT molecular complexity index is 444. The summed E-state index contributed by atoms with van der Waals surface area (Å²) in [4.78, 5) is 11.0. The molecule has 4 nitrogen and oxygen atoms in total. The zero-order valence-corrected chi connectivity index (χ0v) is 10.0. The SMILES string of the molecule is Nc1c(OCC2CCC2)ccc(Cl)c1C(=O)O. The van der Waals surface area contributed by atoms with Crippen LogP contribution in [-0.2, 0) is 0 Å². The number of carboxylic acid groups (broad SMARTS) is 1. The van der Waals surface area contributed by atoms with Crippen molar-refractivity contribution in [1.29, 1.82) is 0 Å². The Hall–Kier alpha value is -1.42. The zero-order chi connectivity index (χ0) is 12.4. The second-order valence-electron chi connectivity index (χ2n) is 4.25. The minimum atomic E-state index is -1.14. The molecule has 2 rings (SSSR count). The lowest BCUT2D eigenvalue weighted by atomic mass is 9.86. The molecule has 0 bridgehead atoms. The third-order valence-electron chi connectivity index (χ3n) is 3.07. The van der Waals surface area contributed by atoms with Gasteiger partial charge in [-0.05, 0) is 30.9 Å². The quantitative estimate of drug-likeness (QED) is 0.812. The monoisotopic (exact) mass is 255 g/mol. The molecular formula is C12H14ClNO3. The van der Waals surface area contributed by atoms with Gasteiger partial charge in [0.05, 0.1) is 17.3 Å². The molecule has 0 amide bonds. The normalized spacial score (nSPS) is 15.4. The third-order valence-corrected chi connectivity index (χ3v) is 3.38. The standard InChI is InChI=1S/C12H14ClNO3/c13-8-4-5-9(11(14)10(8)12(15)16)17-6-7-2-1-3-7/h4-5,7H,1-3,6,14H2,(H,15,16). The number of hydrogen-bond donors (Lipinski definition) is 2. The van der Waals surface area contributed by atoms with Crippen molar-refractivity contribution in [3.05, 3.63) is 22.7 Å². The van der Waals surface area contributed by atoms with Gasteiger partial charge in [0.1, 0.15) is 11.3 Å². The Labute approximate surface area is 104 Å². The summed E-state index contributed by atoms with van der Waals surface area (Å²) in [6.07, 6.45) is 3.57. The van der Waals surface area contributed by atoms with Crippen LogP contribution in [0.1, 0.15) is 29.6 Å². The van der Waals surface area contributed by atoms with Gasteiger partial charge in [-0.15, -0.1) is 0 Å². The summed E-state index contributed by atoms with van der Waals surface area (Å²) in [5.41, 5.74) is 5.76. The van der Waals surface area contributed by atoms with E-state index in [2.05, 4.69) is 0 Å². The van der Waals surface area contributed by atoms with Crippen LogP contribution in [0.2, 0.25) is 5.02 Å². The third kappa shape index (κ3) is 2.47. The second kappa shape index (κ2) is 4.84. The van der Waals surface area contributed by atoms with E-state index in [4.69, 9.17) is 27.2 Å². The van der Waals surface area contributed by atoms with Crippen LogP contribution < -0.4 is 10.5 Å². The van der Waals surface area contributed by atoms with Crippen molar-refractivity contribution in [2.75, 3.05) is 12.3 Å². The van der Waals surface area contributed by atoms with Crippen LogP contribution in [0.3, 0.4) is 0 Å². The molecule has 1 aromatic rings. The highest BCUT2D eigenvalue weighted by Crippen LogP contribution is 2.33. The molecule has 0 unspecified atom stereocenters. The van der Waals surface area contributed by atoms with E-state index >= 15 is 0 Å². The van der Waals surface area contributed by atoms with Gasteiger partial charge in [0.25, 0.3) is 0 Å². The molecule has 0 saturated heterocycles. The molecule has 5 heteroatoms. The molecule has 0 aromatic heterocycles. The summed E-state index contributed by atoms with van der Waals surface area (Å²) in [6.45, 7) is 0.588. The molecule has 1 fully saturated rings. The predicted octanol–water partition coefficient (Wildman–Crippen LogP) is 2.80. The second-order valence-corrected chi connectivity index (χ2v) is 4.65. The van der Waals surface area contributed by atoms with Crippen LogP contribution in [0.25, 0.3) is 0 Å². The van der Waals surface area contributed by atoms with Crippen molar-refractivity contribution in [3.63, 3.8) is 0 Å². The number of aromatic carboxylic acids is 1. The van der Waals surface area contributed by atoms with Crippen LogP contribution in [0.4, 0.5) is 5.69 Å². The number of carboxylic acids is 1. The Morgan fingerprint density at radius 3 is 2.76 bits per heavy atom. The summed E-state index contributed by atoms with van der Waals surface area (Å²) in [5, 5.41) is 9.12. The number of carbonyl (C=O) groups is 1. The largest absolute Gasteiger partial charge is 0.491 e. The first kappa shape index (κ1) is 12.0. The number of nitrogen functional groups attached to an aromatic ring is 1. The molecule has 0 atom stereocenters. The number of nitrogens with two attached hydrogens (primary N) is 1. The molecule has 3 N–H and O–H groups in total. The molecule has 1 aliphatic rings. The molecule has 92 valence electrons. The van der Waals surface area contributed by atoms with E-state index in [1.54, 1.807) is 6.07 Å². The average Bonchev–Trinajstić information content (AvgIpc) is 2.18. The van der Waals surface area contributed by atoms with Gasteiger partial charge in [-0.3, -0.25) is 0 Å².